The molecule has 0 N–H and O–H groups in total. The van der Waals surface area contributed by atoms with Gasteiger partial charge in [0, 0.05) is 59.4 Å². The minimum atomic E-state index is 0.528. The van der Waals surface area contributed by atoms with Gasteiger partial charge in [0.15, 0.2) is 5.82 Å². The topological polar surface area (TPSA) is 76.2 Å². The third-order valence-electron chi connectivity index (χ3n) is 15.8. The van der Waals surface area contributed by atoms with E-state index in [-0.39, 0.29) is 0 Å². The van der Waals surface area contributed by atoms with Crippen molar-refractivity contribution in [2.24, 2.45) is 0 Å². The number of rotatable bonds is 6. The molecule has 0 aliphatic heterocycles. The van der Waals surface area contributed by atoms with E-state index in [1.165, 1.54) is 10.8 Å². The lowest BCUT2D eigenvalue weighted by atomic mass is 10.1. The minimum Gasteiger partial charge on any atom is -0.306 e. The first-order valence-electron chi connectivity index (χ1n) is 26.0. The van der Waals surface area contributed by atoms with E-state index in [4.69, 9.17) is 19.9 Å². The van der Waals surface area contributed by atoms with E-state index in [1.807, 2.05) is 0 Å². The molecule has 0 aliphatic rings. The predicted octanol–water partition coefficient (Wildman–Crippen LogP) is 16.4. The summed E-state index contributed by atoms with van der Waals surface area (Å²) in [6, 6.07) is 88.3. The Kier molecular flexibility index (Phi) is 8.65. The number of benzene rings is 10. The molecule has 0 bridgehead atoms. The molecular weight excluding hydrogens is 943 g/mol. The second-order valence-corrected chi connectivity index (χ2v) is 19.8. The first-order chi connectivity index (χ1) is 38.2. The summed E-state index contributed by atoms with van der Waals surface area (Å²) in [5.74, 6) is 3.26. The third kappa shape index (κ3) is 5.87. The molecule has 10 aromatic carbocycles. The molecule has 17 rings (SSSR count). The summed E-state index contributed by atoms with van der Waals surface area (Å²) < 4.78 is 11.5. The average molecular weight is 984 g/mol. The van der Waals surface area contributed by atoms with Crippen molar-refractivity contribution < 1.29 is 0 Å². The summed E-state index contributed by atoms with van der Waals surface area (Å²) in [6.07, 6.45) is 0. The summed E-state index contributed by atoms with van der Waals surface area (Å²) in [5, 5.41) is 11.4. The van der Waals surface area contributed by atoms with Crippen LogP contribution < -0.4 is 0 Å². The summed E-state index contributed by atoms with van der Waals surface area (Å²) >= 11 is 0. The van der Waals surface area contributed by atoms with Gasteiger partial charge in [0.05, 0.1) is 60.9 Å². The van der Waals surface area contributed by atoms with Crippen molar-refractivity contribution in [2.75, 3.05) is 0 Å². The van der Waals surface area contributed by atoms with E-state index < -0.39 is 0 Å². The highest BCUT2D eigenvalue weighted by molar-refractivity contribution is 6.18. The maximum absolute atomic E-state index is 5.61. The smallest absolute Gasteiger partial charge is 0.240 e. The first kappa shape index (κ1) is 41.8. The maximum Gasteiger partial charge on any atom is 0.240 e. The molecule has 358 valence electrons. The molecule has 0 unspecified atom stereocenters. The van der Waals surface area contributed by atoms with Crippen LogP contribution in [0.4, 0.5) is 0 Å². The summed E-state index contributed by atoms with van der Waals surface area (Å²) in [4.78, 5) is 22.3. The molecule has 0 saturated carbocycles. The molecule has 9 nitrogen and oxygen atoms in total. The van der Waals surface area contributed by atoms with Gasteiger partial charge in [-0.3, -0.25) is 18.3 Å². The fraction of sp³-hybridized carbons (Fsp3) is 0. The third-order valence-corrected chi connectivity index (χ3v) is 15.8. The van der Waals surface area contributed by atoms with Crippen LogP contribution in [0.15, 0.2) is 249 Å². The average Bonchev–Trinajstić information content (AvgIpc) is 4.34. The van der Waals surface area contributed by atoms with Crippen molar-refractivity contribution >= 4 is 109 Å². The fourth-order valence-corrected chi connectivity index (χ4v) is 12.6. The van der Waals surface area contributed by atoms with Crippen LogP contribution >= 0.6 is 0 Å². The van der Waals surface area contributed by atoms with Crippen molar-refractivity contribution in [3.05, 3.63) is 249 Å². The van der Waals surface area contributed by atoms with Gasteiger partial charge in [-0.15, -0.1) is 0 Å². The Balaban J connectivity index is 0.971. The Bertz CT molecular complexity index is 5020. The monoisotopic (exact) mass is 983 g/mol. The van der Waals surface area contributed by atoms with Crippen molar-refractivity contribution in [2.45, 2.75) is 0 Å². The summed E-state index contributed by atoms with van der Waals surface area (Å²) in [6.45, 7) is 0. The highest BCUT2D eigenvalue weighted by Crippen LogP contribution is 2.43. The van der Waals surface area contributed by atoms with Gasteiger partial charge >= 0.3 is 0 Å². The van der Waals surface area contributed by atoms with E-state index in [9.17, 15) is 0 Å². The van der Waals surface area contributed by atoms with Crippen LogP contribution in [-0.2, 0) is 0 Å². The molecule has 0 atom stereocenters. The molecule has 7 heterocycles. The first-order valence-corrected chi connectivity index (χ1v) is 26.0. The molecule has 17 aromatic rings. The lowest BCUT2D eigenvalue weighted by Crippen LogP contribution is -2.10. The van der Waals surface area contributed by atoms with Crippen LogP contribution in [0.3, 0.4) is 0 Å². The Labute approximate surface area is 439 Å². The quantitative estimate of drug-likeness (QED) is 0.166. The highest BCUT2D eigenvalue weighted by atomic mass is 15.3. The highest BCUT2D eigenvalue weighted by Gasteiger charge is 2.26. The normalized spacial score (nSPS) is 12.2. The molecule has 0 spiro atoms. The molecule has 0 radical (unpaired) electrons. The number of hydrogen-bond acceptors (Lipinski definition) is 4. The van der Waals surface area contributed by atoms with Gasteiger partial charge in [-0.05, 0) is 72.8 Å². The number of para-hydroxylation sites is 10. The Morgan fingerprint density at radius 1 is 0.208 bits per heavy atom. The van der Waals surface area contributed by atoms with Crippen molar-refractivity contribution in [1.82, 2.24) is 42.8 Å². The molecule has 77 heavy (non-hydrogen) atoms. The second-order valence-electron chi connectivity index (χ2n) is 19.8. The van der Waals surface area contributed by atoms with Crippen LogP contribution in [0.25, 0.3) is 150 Å². The Morgan fingerprint density at radius 3 is 0.961 bits per heavy atom. The molecule has 0 aliphatic carbocycles. The zero-order valence-electron chi connectivity index (χ0n) is 41.2. The lowest BCUT2D eigenvalue weighted by molar-refractivity contribution is 0.893. The van der Waals surface area contributed by atoms with Gasteiger partial charge in [-0.2, -0.15) is 15.0 Å². The van der Waals surface area contributed by atoms with Gasteiger partial charge in [-0.25, -0.2) is 4.98 Å². The molecule has 7 aromatic heterocycles. The van der Waals surface area contributed by atoms with Crippen LogP contribution in [0.5, 0.6) is 0 Å². The van der Waals surface area contributed by atoms with Crippen LogP contribution in [0.1, 0.15) is 0 Å². The SMILES string of the molecule is c1cc(-n2c3ccccc3c3ccccc32)nc(-n2c3ccccc3c3cccc(-n4c5ccccc5c5cccc(-c6nc(-n7c8ccccc8c8ccccc87)nc(-n7c8ccccc8c8ccccc87)n6)c54)c32)c1. The van der Waals surface area contributed by atoms with Gasteiger partial charge in [-0.1, -0.05) is 176 Å². The fourth-order valence-electron chi connectivity index (χ4n) is 12.6. The largest absolute Gasteiger partial charge is 0.306 e. The van der Waals surface area contributed by atoms with E-state index in [1.54, 1.807) is 0 Å². The van der Waals surface area contributed by atoms with Crippen LogP contribution in [0, 0.1) is 0 Å². The second kappa shape index (κ2) is 15.9. The Hall–Kier alpha value is -10.6. The number of hydrogen-bond donors (Lipinski definition) is 0. The van der Waals surface area contributed by atoms with Crippen molar-refractivity contribution in [3.8, 4) is 40.6 Å². The Morgan fingerprint density at radius 2 is 0.519 bits per heavy atom. The molecule has 0 amide bonds. The standard InChI is InChI=1S/C68H41N9/c1-9-31-53-42(20-1)43-21-2-10-32-54(43)73(53)62-40-19-41-63(69-62)77-60-38-16-8-27-49(60)51-29-18-39-61(65(51)77)74-55-33-11-7-26-48(55)50-28-17-30-52(64(50)74)66-70-67(75-56-34-12-3-22-44(56)45-23-4-13-35-57(45)75)72-68(71-66)76-58-36-14-5-24-46(58)47-25-6-15-37-59(47)76/h1-41H. The molecule has 0 saturated heterocycles. The molecular formula is C68H41N9. The molecule has 9 heteroatoms. The predicted molar refractivity (Wildman–Crippen MR) is 315 cm³/mol. The lowest BCUT2D eigenvalue weighted by Gasteiger charge is -2.16. The molecule has 0 fully saturated rings. The zero-order chi connectivity index (χ0) is 50.3. The zero-order valence-corrected chi connectivity index (χ0v) is 41.2. The maximum atomic E-state index is 5.61. The van der Waals surface area contributed by atoms with E-state index in [2.05, 4.69) is 272 Å². The van der Waals surface area contributed by atoms with Crippen molar-refractivity contribution in [1.29, 1.82) is 0 Å². The van der Waals surface area contributed by atoms with Gasteiger partial charge in [0.1, 0.15) is 11.6 Å². The van der Waals surface area contributed by atoms with Crippen molar-refractivity contribution in [3.63, 3.8) is 0 Å². The summed E-state index contributed by atoms with van der Waals surface area (Å²) in [5.41, 5.74) is 12.3. The van der Waals surface area contributed by atoms with E-state index in [0.29, 0.717) is 17.7 Å². The van der Waals surface area contributed by atoms with E-state index in [0.717, 1.165) is 121 Å². The number of pyridine rings is 1. The minimum absolute atomic E-state index is 0.528. The number of nitrogens with zero attached hydrogens (tertiary/aromatic N) is 9. The van der Waals surface area contributed by atoms with Gasteiger partial charge < -0.3 is 4.57 Å². The van der Waals surface area contributed by atoms with Crippen LogP contribution in [0.2, 0.25) is 0 Å². The number of fused-ring (bicyclic) bond motifs is 15. The van der Waals surface area contributed by atoms with Gasteiger partial charge in [0.25, 0.3) is 0 Å². The summed E-state index contributed by atoms with van der Waals surface area (Å²) in [7, 11) is 0. The number of aromatic nitrogens is 9. The van der Waals surface area contributed by atoms with Crippen LogP contribution in [-0.4, -0.2) is 42.8 Å². The van der Waals surface area contributed by atoms with E-state index >= 15 is 0 Å². The van der Waals surface area contributed by atoms with Gasteiger partial charge in [0.2, 0.25) is 11.9 Å².